The molecule has 0 aliphatic heterocycles. The fourth-order valence-electron chi connectivity index (χ4n) is 0.409. The van der Waals surface area contributed by atoms with E-state index in [0.29, 0.717) is 24.1 Å². The number of thioether (sulfide) groups is 1. The summed E-state index contributed by atoms with van der Waals surface area (Å²) in [5.41, 5.74) is 5.27. The minimum atomic E-state index is 0.0468. The van der Waals surface area contributed by atoms with Crippen molar-refractivity contribution in [1.29, 1.82) is 0 Å². The van der Waals surface area contributed by atoms with Gasteiger partial charge in [-0.3, -0.25) is 0 Å². The quantitative estimate of drug-likeness (QED) is 0.164. The number of rotatable bonds is 5. The minimum absolute atomic E-state index is 0.0468. The second kappa shape index (κ2) is 7.64. The van der Waals surface area contributed by atoms with Crippen LogP contribution in [-0.2, 0) is 4.74 Å². The number of hydrogen-bond acceptors (Lipinski definition) is 5. The molecule has 5 N–H and O–H groups in total. The molecule has 66 valence electrons. The Morgan fingerprint density at radius 1 is 1.55 bits per heavy atom. The van der Waals surface area contributed by atoms with Gasteiger partial charge in [0.05, 0.1) is 19.8 Å². The van der Waals surface area contributed by atoms with Crippen molar-refractivity contribution in [2.45, 2.75) is 0 Å². The molecule has 0 unspecified atom stereocenters. The molecular weight excluding hydrogens is 166 g/mol. The van der Waals surface area contributed by atoms with E-state index < -0.39 is 0 Å². The van der Waals surface area contributed by atoms with Crippen LogP contribution in [0.2, 0.25) is 0 Å². The lowest BCUT2D eigenvalue weighted by Crippen LogP contribution is -2.12. The Labute approximate surface area is 69.8 Å². The summed E-state index contributed by atoms with van der Waals surface area (Å²) >= 11 is 1.32. The van der Waals surface area contributed by atoms with Crippen molar-refractivity contribution < 1.29 is 9.84 Å². The third-order valence-electron chi connectivity index (χ3n) is 0.840. The highest BCUT2D eigenvalue weighted by Gasteiger charge is 1.92. The van der Waals surface area contributed by atoms with Crippen LogP contribution in [0.25, 0.3) is 0 Å². The molecule has 0 aromatic rings. The molecule has 0 heterocycles. The van der Waals surface area contributed by atoms with Crippen molar-refractivity contribution in [3.05, 3.63) is 0 Å². The Bertz CT molecular complexity index is 120. The maximum atomic E-state index is 8.32. The van der Waals surface area contributed by atoms with Gasteiger partial charge in [0.1, 0.15) is 0 Å². The Morgan fingerprint density at radius 2 is 2.27 bits per heavy atom. The molecule has 11 heavy (non-hydrogen) atoms. The van der Waals surface area contributed by atoms with Gasteiger partial charge in [-0.2, -0.15) is 5.10 Å². The first-order valence-electron chi connectivity index (χ1n) is 3.16. The van der Waals surface area contributed by atoms with Crippen LogP contribution in [0.1, 0.15) is 0 Å². The normalized spacial score (nSPS) is 11.9. The number of hydrogen-bond donors (Lipinski definition) is 3. The second-order valence-electron chi connectivity index (χ2n) is 1.65. The molecule has 5 nitrogen and oxygen atoms in total. The van der Waals surface area contributed by atoms with Gasteiger partial charge in [0.2, 0.25) is 0 Å². The minimum Gasteiger partial charge on any atom is -0.394 e. The van der Waals surface area contributed by atoms with Gasteiger partial charge < -0.3 is 21.4 Å². The zero-order valence-corrected chi connectivity index (χ0v) is 7.01. The number of ether oxygens (including phenoxy) is 1. The molecule has 0 saturated carbocycles. The highest BCUT2D eigenvalue weighted by atomic mass is 32.2. The Hall–Kier alpha value is -0.460. The Morgan fingerprint density at radius 3 is 2.82 bits per heavy atom. The first-order chi connectivity index (χ1) is 5.31. The monoisotopic (exact) mass is 179 g/mol. The summed E-state index contributed by atoms with van der Waals surface area (Å²) < 4.78 is 4.96. The van der Waals surface area contributed by atoms with Crippen molar-refractivity contribution >= 4 is 16.9 Å². The van der Waals surface area contributed by atoms with Crippen LogP contribution in [0.15, 0.2) is 5.10 Å². The average Bonchev–Trinajstić information content (AvgIpc) is 2.04. The van der Waals surface area contributed by atoms with Crippen LogP contribution in [0.4, 0.5) is 0 Å². The van der Waals surface area contributed by atoms with Crippen LogP contribution in [0, 0.1) is 0 Å². The van der Waals surface area contributed by atoms with Gasteiger partial charge >= 0.3 is 0 Å². The van der Waals surface area contributed by atoms with Crippen LogP contribution >= 0.6 is 11.8 Å². The topological polar surface area (TPSA) is 93.9 Å². The highest BCUT2D eigenvalue weighted by Crippen LogP contribution is 1.97. The lowest BCUT2D eigenvalue weighted by molar-refractivity contribution is 0.103. The standard InChI is InChI=1S/C5H13N3O2S/c6-5(8-7)11-4-3-10-2-1-9/h9H,1-4,7H2,(H2,6,8). The second-order valence-corrected chi connectivity index (χ2v) is 2.77. The number of hydrazone groups is 1. The summed E-state index contributed by atoms with van der Waals surface area (Å²) in [6.45, 7) is 0.951. The SMILES string of the molecule is NN=C(N)SCCOCCO. The van der Waals surface area contributed by atoms with E-state index in [-0.39, 0.29) is 6.61 Å². The largest absolute Gasteiger partial charge is 0.394 e. The molecule has 0 aromatic heterocycles. The summed E-state index contributed by atoms with van der Waals surface area (Å²) in [7, 11) is 0. The van der Waals surface area contributed by atoms with Gasteiger partial charge in [0.25, 0.3) is 0 Å². The zero-order valence-electron chi connectivity index (χ0n) is 6.19. The fourth-order valence-corrected chi connectivity index (χ4v) is 0.894. The number of nitrogens with two attached hydrogens (primary N) is 2. The van der Waals surface area contributed by atoms with E-state index in [1.54, 1.807) is 0 Å². The molecule has 0 fully saturated rings. The van der Waals surface area contributed by atoms with Crippen molar-refractivity contribution in [3.63, 3.8) is 0 Å². The molecule has 0 aliphatic rings. The van der Waals surface area contributed by atoms with E-state index in [1.807, 2.05) is 0 Å². The number of aliphatic hydroxyl groups is 1. The zero-order chi connectivity index (χ0) is 8.53. The molecule has 0 spiro atoms. The van der Waals surface area contributed by atoms with Crippen LogP contribution in [0.5, 0.6) is 0 Å². The fraction of sp³-hybridized carbons (Fsp3) is 0.800. The summed E-state index contributed by atoms with van der Waals surface area (Å²) in [4.78, 5) is 0. The molecule has 0 aliphatic carbocycles. The molecule has 0 bridgehead atoms. The van der Waals surface area contributed by atoms with Crippen molar-refractivity contribution in [1.82, 2.24) is 0 Å². The van der Waals surface area contributed by atoms with Gasteiger partial charge in [0, 0.05) is 5.75 Å². The van der Waals surface area contributed by atoms with E-state index in [9.17, 15) is 0 Å². The van der Waals surface area contributed by atoms with Crippen molar-refractivity contribution in [3.8, 4) is 0 Å². The summed E-state index contributed by atoms with van der Waals surface area (Å²) in [6, 6.07) is 0. The predicted octanol–water partition coefficient (Wildman–Crippen LogP) is -1.08. The van der Waals surface area contributed by atoms with E-state index >= 15 is 0 Å². The summed E-state index contributed by atoms with van der Waals surface area (Å²) in [5.74, 6) is 5.58. The lowest BCUT2D eigenvalue weighted by Gasteiger charge is -2.00. The van der Waals surface area contributed by atoms with Gasteiger partial charge in [-0.1, -0.05) is 11.8 Å². The van der Waals surface area contributed by atoms with Crippen molar-refractivity contribution in [2.75, 3.05) is 25.6 Å². The van der Waals surface area contributed by atoms with Crippen LogP contribution in [0.3, 0.4) is 0 Å². The number of aliphatic hydroxyl groups excluding tert-OH is 1. The number of amidine groups is 1. The Kier molecular flexibility index (Phi) is 7.33. The van der Waals surface area contributed by atoms with Gasteiger partial charge in [-0.15, -0.1) is 0 Å². The van der Waals surface area contributed by atoms with E-state index in [0.717, 1.165) is 0 Å². The third kappa shape index (κ3) is 7.44. The lowest BCUT2D eigenvalue weighted by atomic mass is 10.7. The van der Waals surface area contributed by atoms with Crippen molar-refractivity contribution in [2.24, 2.45) is 16.7 Å². The molecule has 0 saturated heterocycles. The van der Waals surface area contributed by atoms with Crippen LogP contribution < -0.4 is 11.6 Å². The maximum absolute atomic E-state index is 8.32. The molecule has 0 aromatic carbocycles. The third-order valence-corrected chi connectivity index (χ3v) is 1.61. The smallest absolute Gasteiger partial charge is 0.177 e. The summed E-state index contributed by atoms with van der Waals surface area (Å²) in [6.07, 6.45) is 0. The average molecular weight is 179 g/mol. The van der Waals surface area contributed by atoms with Gasteiger partial charge in [0.15, 0.2) is 5.17 Å². The Balaban J connectivity index is 3.02. The predicted molar refractivity (Wildman–Crippen MR) is 46.2 cm³/mol. The van der Waals surface area contributed by atoms with E-state index in [1.165, 1.54) is 11.8 Å². The first kappa shape index (κ1) is 10.5. The molecule has 0 radical (unpaired) electrons. The number of nitrogens with zero attached hydrogens (tertiary/aromatic N) is 1. The molecule has 0 rings (SSSR count). The van der Waals surface area contributed by atoms with E-state index in [4.69, 9.17) is 21.4 Å². The van der Waals surface area contributed by atoms with Gasteiger partial charge in [-0.05, 0) is 0 Å². The first-order valence-corrected chi connectivity index (χ1v) is 4.14. The molecule has 0 amide bonds. The van der Waals surface area contributed by atoms with E-state index in [2.05, 4.69) is 5.10 Å². The molecule has 0 atom stereocenters. The molecule has 6 heteroatoms. The molecular formula is C5H13N3O2S. The highest BCUT2D eigenvalue weighted by molar-refractivity contribution is 8.13. The van der Waals surface area contributed by atoms with Crippen LogP contribution in [-0.4, -0.2) is 35.8 Å². The van der Waals surface area contributed by atoms with Gasteiger partial charge in [-0.25, -0.2) is 0 Å². The maximum Gasteiger partial charge on any atom is 0.177 e. The summed E-state index contributed by atoms with van der Waals surface area (Å²) in [5, 5.41) is 11.9.